The zero-order valence-electron chi connectivity index (χ0n) is 8.50. The van der Waals surface area contributed by atoms with Gasteiger partial charge in [-0.25, -0.2) is 4.98 Å². The molecule has 0 aliphatic rings. The molecule has 0 aromatic carbocycles. The second-order valence-corrected chi connectivity index (χ2v) is 3.72. The lowest BCUT2D eigenvalue weighted by molar-refractivity contribution is -0.104. The molecule has 0 spiro atoms. The van der Waals surface area contributed by atoms with E-state index in [1.165, 1.54) is 17.4 Å². The topological polar surface area (TPSA) is 128 Å². The number of carbonyl (C=O) groups is 1. The third kappa shape index (κ3) is 15.0. The number of aliphatic hydroxyl groups excluding tert-OH is 1. The predicted molar refractivity (Wildman–Crippen MR) is 69.7 cm³/mol. The van der Waals surface area contributed by atoms with Crippen LogP contribution in [-0.4, -0.2) is 21.5 Å². The molecule has 8 heteroatoms. The molecule has 0 saturated carbocycles. The van der Waals surface area contributed by atoms with Crippen LogP contribution in [-0.2, 0) is 11.4 Å². The maximum Gasteiger partial charge on any atom is 0.180 e. The van der Waals surface area contributed by atoms with E-state index in [0.717, 1.165) is 4.88 Å². The van der Waals surface area contributed by atoms with Gasteiger partial charge in [-0.1, -0.05) is 17.9 Å². The fraction of sp³-hybridized carbons (Fsp3) is 0.125. The number of aromatic nitrogens is 1. The van der Waals surface area contributed by atoms with Crippen molar-refractivity contribution in [3.8, 4) is 0 Å². The van der Waals surface area contributed by atoms with Gasteiger partial charge in [0, 0.05) is 6.20 Å². The summed E-state index contributed by atoms with van der Waals surface area (Å²) in [7, 11) is 0. The number of aldehydes is 1. The summed E-state index contributed by atoms with van der Waals surface area (Å²) in [6.45, 7) is 3.15. The molecule has 0 aliphatic heterocycles. The number of hydrogen-bond donors (Lipinski definition) is 4. The molecule has 0 saturated heterocycles. The first-order chi connectivity index (χ1) is 7.47. The van der Waals surface area contributed by atoms with E-state index in [1.54, 1.807) is 6.20 Å². The van der Waals surface area contributed by atoms with Crippen LogP contribution in [0.25, 0.3) is 0 Å². The van der Waals surface area contributed by atoms with Gasteiger partial charge in [0.25, 0.3) is 0 Å². The SMILES string of the molecule is C=CC=O.NC(N)=S.Nc1ncc(CO)s1. The molecule has 0 amide bonds. The Morgan fingerprint density at radius 2 is 2.12 bits per heavy atom. The van der Waals surface area contributed by atoms with E-state index in [4.69, 9.17) is 15.6 Å². The van der Waals surface area contributed by atoms with Gasteiger partial charge in [0.05, 0.1) is 11.5 Å². The number of hydrogen-bond acceptors (Lipinski definition) is 6. The first-order valence-electron chi connectivity index (χ1n) is 3.90. The van der Waals surface area contributed by atoms with Gasteiger partial charge in [-0.2, -0.15) is 0 Å². The number of rotatable bonds is 2. The lowest BCUT2D eigenvalue weighted by atomic mass is 10.6. The summed E-state index contributed by atoms with van der Waals surface area (Å²) in [5, 5.41) is 8.97. The Balaban J connectivity index is 0. The van der Waals surface area contributed by atoms with Crippen LogP contribution < -0.4 is 17.2 Å². The van der Waals surface area contributed by atoms with Crippen LogP contribution >= 0.6 is 23.6 Å². The van der Waals surface area contributed by atoms with Crippen molar-refractivity contribution in [3.05, 3.63) is 23.7 Å². The highest BCUT2D eigenvalue weighted by molar-refractivity contribution is 7.80. The Hall–Kier alpha value is -1.51. The average molecular weight is 262 g/mol. The van der Waals surface area contributed by atoms with Crippen molar-refractivity contribution >= 4 is 40.1 Å². The van der Waals surface area contributed by atoms with Crippen LogP contribution in [0, 0.1) is 0 Å². The molecule has 0 atom stereocenters. The van der Waals surface area contributed by atoms with Gasteiger partial charge in [0.15, 0.2) is 10.2 Å². The van der Waals surface area contributed by atoms with Crippen LogP contribution in [0.5, 0.6) is 0 Å². The summed E-state index contributed by atoms with van der Waals surface area (Å²) < 4.78 is 0. The predicted octanol–water partition coefficient (Wildman–Crippen LogP) is -0.222. The van der Waals surface area contributed by atoms with Crippen molar-refractivity contribution < 1.29 is 9.90 Å². The summed E-state index contributed by atoms with van der Waals surface area (Å²) in [5.74, 6) is 0. The lowest BCUT2D eigenvalue weighted by Gasteiger charge is -1.78. The number of nitrogens with two attached hydrogens (primary N) is 3. The van der Waals surface area contributed by atoms with Gasteiger partial charge in [-0.15, -0.1) is 0 Å². The standard InChI is InChI=1S/C4H6N2OS.C3H4O.CH4N2S/c5-4-6-1-3(2-7)8-4;1-2-3-4;2-1(3)4/h1,7H,2H2,(H2,5,6);2-3H,1H2;(H4,2,3,4). The molecule has 0 fully saturated rings. The molecule has 7 N–H and O–H groups in total. The Bertz CT molecular complexity index is 318. The molecular formula is C8H14N4O2S2. The summed E-state index contributed by atoms with van der Waals surface area (Å²) in [4.78, 5) is 13.6. The van der Waals surface area contributed by atoms with Crippen LogP contribution in [0.1, 0.15) is 4.88 Å². The van der Waals surface area contributed by atoms with Gasteiger partial charge < -0.3 is 22.3 Å². The Labute approximate surface area is 103 Å². The minimum atomic E-state index is 0.000000000000000222. The second-order valence-electron chi connectivity index (χ2n) is 2.10. The molecule has 1 heterocycles. The van der Waals surface area contributed by atoms with Crippen molar-refractivity contribution in [1.29, 1.82) is 0 Å². The summed E-state index contributed by atoms with van der Waals surface area (Å²) in [6.07, 6.45) is 3.40. The Kier molecular flexibility index (Phi) is 12.2. The highest BCUT2D eigenvalue weighted by Crippen LogP contribution is 2.12. The van der Waals surface area contributed by atoms with Crippen LogP contribution in [0.3, 0.4) is 0 Å². The molecule has 90 valence electrons. The average Bonchev–Trinajstić information content (AvgIpc) is 2.64. The van der Waals surface area contributed by atoms with Gasteiger partial charge in [-0.05, 0) is 18.3 Å². The lowest BCUT2D eigenvalue weighted by Crippen LogP contribution is -2.18. The molecule has 6 nitrogen and oxygen atoms in total. The van der Waals surface area contributed by atoms with Crippen molar-refractivity contribution in [2.24, 2.45) is 11.5 Å². The van der Waals surface area contributed by atoms with Crippen LogP contribution in [0.15, 0.2) is 18.9 Å². The minimum absolute atomic E-state index is 0.000000000000000222. The van der Waals surface area contributed by atoms with Crippen molar-refractivity contribution in [2.45, 2.75) is 6.61 Å². The number of anilines is 1. The number of allylic oxidation sites excluding steroid dienone is 1. The van der Waals surface area contributed by atoms with E-state index < -0.39 is 0 Å². The summed E-state index contributed by atoms with van der Waals surface area (Å²) in [6, 6.07) is 0. The van der Waals surface area contributed by atoms with E-state index >= 15 is 0 Å². The van der Waals surface area contributed by atoms with Gasteiger partial charge in [0.1, 0.15) is 6.29 Å². The normalized spacial score (nSPS) is 7.56. The summed E-state index contributed by atoms with van der Waals surface area (Å²) in [5.41, 5.74) is 14.5. The molecule has 1 aromatic rings. The second kappa shape index (κ2) is 11.6. The maximum atomic E-state index is 9.06. The third-order valence-electron chi connectivity index (χ3n) is 0.824. The minimum Gasteiger partial charge on any atom is -0.391 e. The fourth-order valence-corrected chi connectivity index (χ4v) is 0.940. The van der Waals surface area contributed by atoms with Crippen molar-refractivity contribution in [2.75, 3.05) is 5.73 Å². The molecule has 16 heavy (non-hydrogen) atoms. The molecule has 0 radical (unpaired) electrons. The third-order valence-corrected chi connectivity index (χ3v) is 1.63. The van der Waals surface area contributed by atoms with Crippen molar-refractivity contribution in [3.63, 3.8) is 0 Å². The monoisotopic (exact) mass is 262 g/mol. The summed E-state index contributed by atoms with van der Waals surface area (Å²) >= 11 is 5.40. The van der Waals surface area contributed by atoms with E-state index in [9.17, 15) is 0 Å². The van der Waals surface area contributed by atoms with Gasteiger partial charge in [0.2, 0.25) is 0 Å². The molecule has 1 aromatic heterocycles. The number of thiazole rings is 1. The van der Waals surface area contributed by atoms with Crippen molar-refractivity contribution in [1.82, 2.24) is 4.98 Å². The number of nitrogen functional groups attached to an aromatic ring is 1. The van der Waals surface area contributed by atoms with Gasteiger partial charge >= 0.3 is 0 Å². The highest BCUT2D eigenvalue weighted by Gasteiger charge is 1.92. The fourth-order valence-electron chi connectivity index (χ4n) is 0.396. The Morgan fingerprint density at radius 3 is 2.25 bits per heavy atom. The largest absolute Gasteiger partial charge is 0.391 e. The maximum absolute atomic E-state index is 9.06. The highest BCUT2D eigenvalue weighted by atomic mass is 32.1. The molecule has 0 bridgehead atoms. The smallest absolute Gasteiger partial charge is 0.180 e. The zero-order valence-corrected chi connectivity index (χ0v) is 10.1. The quantitative estimate of drug-likeness (QED) is 0.329. The van der Waals surface area contributed by atoms with E-state index in [2.05, 4.69) is 35.2 Å². The van der Waals surface area contributed by atoms with E-state index in [-0.39, 0.29) is 11.7 Å². The van der Waals surface area contributed by atoms with Gasteiger partial charge in [-0.3, -0.25) is 4.79 Å². The molecular weight excluding hydrogens is 248 g/mol. The van der Waals surface area contributed by atoms with Crippen LogP contribution in [0.2, 0.25) is 0 Å². The first kappa shape index (κ1) is 16.9. The van der Waals surface area contributed by atoms with E-state index in [0.29, 0.717) is 11.4 Å². The van der Waals surface area contributed by atoms with Crippen LogP contribution in [0.4, 0.5) is 5.13 Å². The molecule has 0 unspecified atom stereocenters. The zero-order chi connectivity index (χ0) is 13.0. The Morgan fingerprint density at radius 1 is 1.69 bits per heavy atom. The number of aliphatic hydroxyl groups is 1. The molecule has 0 aliphatic carbocycles. The molecule has 1 rings (SSSR count). The van der Waals surface area contributed by atoms with E-state index in [1.807, 2.05) is 0 Å². The first-order valence-corrected chi connectivity index (χ1v) is 5.12. The number of nitrogens with zero attached hydrogens (tertiary/aromatic N) is 1. The number of carbonyl (C=O) groups excluding carboxylic acids is 1. The number of thiocarbonyl (C=S) groups is 1.